The standard InChI is InChI=1S/C14H12O/c1-11(10-15)9-13-7-4-6-12-5-2-3-8-14(12)13/h2-8H,9H2,1H3. The molecule has 0 fully saturated rings. The van der Waals surface area contributed by atoms with Crippen molar-refractivity contribution in [3.05, 3.63) is 53.6 Å². The summed E-state index contributed by atoms with van der Waals surface area (Å²) in [5.74, 6) is 1.94. The Morgan fingerprint density at radius 3 is 2.67 bits per heavy atom. The summed E-state index contributed by atoms with van der Waals surface area (Å²) in [7, 11) is 0. The van der Waals surface area contributed by atoms with Gasteiger partial charge in [0.25, 0.3) is 0 Å². The van der Waals surface area contributed by atoms with Gasteiger partial charge in [0.2, 0.25) is 0 Å². The van der Waals surface area contributed by atoms with Gasteiger partial charge in [-0.2, -0.15) is 0 Å². The fraction of sp³-hybridized carbons (Fsp3) is 0.143. The van der Waals surface area contributed by atoms with Crippen LogP contribution < -0.4 is 0 Å². The molecule has 0 bridgehead atoms. The van der Waals surface area contributed by atoms with E-state index in [9.17, 15) is 4.79 Å². The second-order valence-electron chi connectivity index (χ2n) is 3.70. The van der Waals surface area contributed by atoms with Crippen molar-refractivity contribution in [2.75, 3.05) is 0 Å². The SMILES string of the molecule is CC(=C=O)Cc1cccc2ccccc12. The largest absolute Gasteiger partial charge is 0.234 e. The third-order valence-electron chi connectivity index (χ3n) is 2.51. The number of hydrogen-bond acceptors (Lipinski definition) is 1. The molecule has 15 heavy (non-hydrogen) atoms. The molecule has 2 rings (SSSR count). The molecule has 74 valence electrons. The average molecular weight is 196 g/mol. The molecule has 0 aromatic heterocycles. The van der Waals surface area contributed by atoms with E-state index >= 15 is 0 Å². The Morgan fingerprint density at radius 1 is 1.13 bits per heavy atom. The minimum atomic E-state index is 0.685. The lowest BCUT2D eigenvalue weighted by Gasteiger charge is -2.04. The highest BCUT2D eigenvalue weighted by Crippen LogP contribution is 2.20. The fourth-order valence-electron chi connectivity index (χ4n) is 1.77. The van der Waals surface area contributed by atoms with E-state index in [1.807, 2.05) is 31.1 Å². The zero-order valence-electron chi connectivity index (χ0n) is 8.66. The van der Waals surface area contributed by atoms with Crippen LogP contribution in [0.15, 0.2) is 48.0 Å². The van der Waals surface area contributed by atoms with E-state index in [0.717, 1.165) is 5.57 Å². The minimum Gasteiger partial charge on any atom is -0.234 e. The summed E-state index contributed by atoms with van der Waals surface area (Å²) in [6.45, 7) is 1.81. The molecule has 0 unspecified atom stereocenters. The highest BCUT2D eigenvalue weighted by atomic mass is 16.1. The summed E-state index contributed by atoms with van der Waals surface area (Å²) in [6, 6.07) is 14.4. The van der Waals surface area contributed by atoms with Gasteiger partial charge in [-0.25, -0.2) is 4.79 Å². The van der Waals surface area contributed by atoms with Gasteiger partial charge in [0.15, 0.2) is 0 Å². The van der Waals surface area contributed by atoms with Gasteiger partial charge >= 0.3 is 0 Å². The molecule has 0 atom stereocenters. The van der Waals surface area contributed by atoms with E-state index in [0.29, 0.717) is 6.42 Å². The van der Waals surface area contributed by atoms with Gasteiger partial charge < -0.3 is 0 Å². The molecule has 0 aliphatic rings. The summed E-state index contributed by atoms with van der Waals surface area (Å²) >= 11 is 0. The van der Waals surface area contributed by atoms with Crippen LogP contribution in [-0.2, 0) is 11.2 Å². The van der Waals surface area contributed by atoms with Crippen LogP contribution in [0.5, 0.6) is 0 Å². The molecule has 0 aliphatic carbocycles. The van der Waals surface area contributed by atoms with E-state index in [2.05, 4.69) is 24.3 Å². The van der Waals surface area contributed by atoms with Crippen molar-refractivity contribution >= 4 is 16.7 Å². The van der Waals surface area contributed by atoms with Crippen molar-refractivity contribution < 1.29 is 4.79 Å². The second kappa shape index (κ2) is 4.12. The van der Waals surface area contributed by atoms with Crippen molar-refractivity contribution in [2.24, 2.45) is 0 Å². The molecule has 1 nitrogen and oxygen atoms in total. The normalized spacial score (nSPS) is 9.93. The molecule has 2 aromatic rings. The number of rotatable bonds is 2. The molecule has 0 radical (unpaired) electrons. The lowest BCUT2D eigenvalue weighted by atomic mass is 10.00. The number of carbonyl (C=O) groups excluding carboxylic acids is 1. The predicted octanol–water partition coefficient (Wildman–Crippen LogP) is 3.16. The van der Waals surface area contributed by atoms with Crippen LogP contribution in [0.1, 0.15) is 12.5 Å². The first kappa shape index (κ1) is 9.70. The maximum Gasteiger partial charge on any atom is 0.123 e. The molecule has 0 spiro atoms. The highest BCUT2D eigenvalue weighted by Gasteiger charge is 2.00. The maximum atomic E-state index is 10.5. The van der Waals surface area contributed by atoms with Crippen LogP contribution in [0, 0.1) is 0 Å². The predicted molar refractivity (Wildman–Crippen MR) is 62.5 cm³/mol. The van der Waals surface area contributed by atoms with Gasteiger partial charge in [-0.05, 0) is 23.3 Å². The van der Waals surface area contributed by atoms with Crippen LogP contribution in [0.4, 0.5) is 0 Å². The van der Waals surface area contributed by atoms with Gasteiger partial charge in [-0.1, -0.05) is 42.5 Å². The van der Waals surface area contributed by atoms with Gasteiger partial charge in [0, 0.05) is 12.0 Å². The minimum absolute atomic E-state index is 0.685. The molecule has 0 saturated heterocycles. The Balaban J connectivity index is 2.56. The summed E-state index contributed by atoms with van der Waals surface area (Å²) in [4.78, 5) is 10.5. The Bertz CT molecular complexity index is 529. The third-order valence-corrected chi connectivity index (χ3v) is 2.51. The summed E-state index contributed by atoms with van der Waals surface area (Å²) in [5, 5.41) is 2.43. The Hall–Kier alpha value is -1.85. The zero-order valence-corrected chi connectivity index (χ0v) is 8.66. The molecule has 0 heterocycles. The molecule has 0 amide bonds. The molecule has 2 aromatic carbocycles. The second-order valence-corrected chi connectivity index (χ2v) is 3.70. The molecular formula is C14H12O. The smallest absolute Gasteiger partial charge is 0.123 e. The van der Waals surface area contributed by atoms with Crippen LogP contribution in [-0.4, -0.2) is 5.94 Å². The average Bonchev–Trinajstić information content (AvgIpc) is 2.29. The van der Waals surface area contributed by atoms with Crippen molar-refractivity contribution in [2.45, 2.75) is 13.3 Å². The van der Waals surface area contributed by atoms with Crippen LogP contribution in [0.3, 0.4) is 0 Å². The van der Waals surface area contributed by atoms with Crippen LogP contribution >= 0.6 is 0 Å². The van der Waals surface area contributed by atoms with Crippen molar-refractivity contribution in [3.63, 3.8) is 0 Å². The van der Waals surface area contributed by atoms with Gasteiger partial charge in [-0.15, -0.1) is 0 Å². The van der Waals surface area contributed by atoms with Gasteiger partial charge in [-0.3, -0.25) is 0 Å². The Kier molecular flexibility index (Phi) is 2.66. The first-order valence-electron chi connectivity index (χ1n) is 4.98. The molecular weight excluding hydrogens is 184 g/mol. The number of fused-ring (bicyclic) bond motifs is 1. The van der Waals surface area contributed by atoms with Crippen LogP contribution in [0.25, 0.3) is 10.8 Å². The van der Waals surface area contributed by atoms with E-state index in [1.54, 1.807) is 0 Å². The summed E-state index contributed by atoms with van der Waals surface area (Å²) in [6.07, 6.45) is 0.685. The topological polar surface area (TPSA) is 17.1 Å². The molecule has 0 N–H and O–H groups in total. The first-order chi connectivity index (χ1) is 7.31. The van der Waals surface area contributed by atoms with E-state index in [4.69, 9.17) is 0 Å². The third kappa shape index (κ3) is 1.98. The lowest BCUT2D eigenvalue weighted by Crippen LogP contribution is -1.89. The molecule has 0 saturated carbocycles. The summed E-state index contributed by atoms with van der Waals surface area (Å²) in [5.41, 5.74) is 1.93. The number of allylic oxidation sites excluding steroid dienone is 1. The van der Waals surface area contributed by atoms with Crippen LogP contribution in [0.2, 0.25) is 0 Å². The zero-order chi connectivity index (χ0) is 10.7. The number of benzene rings is 2. The van der Waals surface area contributed by atoms with Gasteiger partial charge in [0.1, 0.15) is 5.94 Å². The van der Waals surface area contributed by atoms with Gasteiger partial charge in [0.05, 0.1) is 0 Å². The molecule has 1 heteroatoms. The summed E-state index contributed by atoms with van der Waals surface area (Å²) < 4.78 is 0. The van der Waals surface area contributed by atoms with Crippen molar-refractivity contribution in [1.29, 1.82) is 0 Å². The highest BCUT2D eigenvalue weighted by molar-refractivity contribution is 5.86. The Morgan fingerprint density at radius 2 is 1.87 bits per heavy atom. The monoisotopic (exact) mass is 196 g/mol. The van der Waals surface area contributed by atoms with Crippen molar-refractivity contribution in [3.8, 4) is 0 Å². The first-order valence-corrected chi connectivity index (χ1v) is 4.98. The quantitative estimate of drug-likeness (QED) is 0.674. The number of hydrogen-bond donors (Lipinski definition) is 0. The molecule has 0 aliphatic heterocycles. The van der Waals surface area contributed by atoms with E-state index in [1.165, 1.54) is 16.3 Å². The maximum absolute atomic E-state index is 10.5. The lowest BCUT2D eigenvalue weighted by molar-refractivity contribution is 0.566. The Labute approximate surface area is 89.0 Å². The van der Waals surface area contributed by atoms with Crippen molar-refractivity contribution in [1.82, 2.24) is 0 Å². The fourth-order valence-corrected chi connectivity index (χ4v) is 1.77. The van der Waals surface area contributed by atoms with E-state index in [-0.39, 0.29) is 0 Å². The van der Waals surface area contributed by atoms with E-state index < -0.39 is 0 Å².